The number of nitrogens with zero attached hydrogens (tertiary/aromatic N) is 1. The molecule has 0 spiro atoms. The highest BCUT2D eigenvalue weighted by atomic mass is 16.7. The van der Waals surface area contributed by atoms with Crippen LogP contribution in [-0.4, -0.2) is 37.1 Å². The molecular formula is C18H28N2O3. The summed E-state index contributed by atoms with van der Waals surface area (Å²) in [6.07, 6.45) is 1.45. The number of anilines is 1. The second-order valence-electron chi connectivity index (χ2n) is 7.92. The van der Waals surface area contributed by atoms with Gasteiger partial charge in [0.1, 0.15) is 0 Å². The van der Waals surface area contributed by atoms with Gasteiger partial charge in [-0.3, -0.25) is 0 Å². The van der Waals surface area contributed by atoms with Crippen LogP contribution in [-0.2, 0) is 0 Å². The third-order valence-corrected chi connectivity index (χ3v) is 4.85. The number of ether oxygens (including phenoxy) is 2. The molecule has 0 saturated carbocycles. The lowest BCUT2D eigenvalue weighted by molar-refractivity contribution is 0.0381. The maximum absolute atomic E-state index is 10.4. The van der Waals surface area contributed by atoms with Gasteiger partial charge in [-0.2, -0.15) is 0 Å². The van der Waals surface area contributed by atoms with Crippen LogP contribution in [0.25, 0.3) is 0 Å². The molecule has 0 aliphatic carbocycles. The van der Waals surface area contributed by atoms with E-state index in [9.17, 15) is 5.11 Å². The van der Waals surface area contributed by atoms with Crippen LogP contribution in [0.4, 0.5) is 5.69 Å². The third kappa shape index (κ3) is 3.72. The quantitative estimate of drug-likeness (QED) is 0.895. The predicted octanol–water partition coefficient (Wildman–Crippen LogP) is 2.37. The van der Waals surface area contributed by atoms with Crippen molar-refractivity contribution in [3.8, 4) is 11.5 Å². The molecule has 1 saturated heterocycles. The lowest BCUT2D eigenvalue weighted by atomic mass is 9.80. The first kappa shape index (κ1) is 16.4. The molecule has 0 aromatic heterocycles. The monoisotopic (exact) mass is 320 g/mol. The zero-order valence-electron chi connectivity index (χ0n) is 14.3. The molecule has 2 aliphatic heterocycles. The second kappa shape index (κ2) is 6.21. The van der Waals surface area contributed by atoms with E-state index >= 15 is 0 Å². The van der Waals surface area contributed by atoms with Gasteiger partial charge in [0, 0.05) is 30.9 Å². The molecule has 1 aromatic carbocycles. The number of piperidine rings is 1. The van der Waals surface area contributed by atoms with Crippen LogP contribution in [0.5, 0.6) is 11.5 Å². The summed E-state index contributed by atoms with van der Waals surface area (Å²) >= 11 is 0. The Labute approximate surface area is 138 Å². The van der Waals surface area contributed by atoms with Crippen LogP contribution in [0.3, 0.4) is 0 Å². The minimum Gasteiger partial charge on any atom is -0.454 e. The lowest BCUT2D eigenvalue weighted by Gasteiger charge is -2.40. The van der Waals surface area contributed by atoms with Crippen LogP contribution in [0, 0.1) is 11.3 Å². The molecule has 0 amide bonds. The standard InChI is InChI=1S/C18H28N2O3/c1-18(2,3)17(21)7-12-6-13(19)10-20(9-12)14-4-5-15-16(8-14)23-11-22-15/h4-5,8,12-13,17,21H,6-7,9-11,19H2,1-3H3. The van der Waals surface area contributed by atoms with E-state index < -0.39 is 0 Å². The summed E-state index contributed by atoms with van der Waals surface area (Å²) in [6, 6.07) is 6.17. The molecule has 2 heterocycles. The Hall–Kier alpha value is -1.46. The van der Waals surface area contributed by atoms with Gasteiger partial charge in [0.25, 0.3) is 0 Å². The minimum absolute atomic E-state index is 0.0921. The summed E-state index contributed by atoms with van der Waals surface area (Å²) in [5.74, 6) is 2.00. The van der Waals surface area contributed by atoms with Gasteiger partial charge < -0.3 is 25.2 Å². The van der Waals surface area contributed by atoms with Gasteiger partial charge in [0.05, 0.1) is 6.10 Å². The average molecular weight is 320 g/mol. The van der Waals surface area contributed by atoms with Crippen LogP contribution in [0.15, 0.2) is 18.2 Å². The SMILES string of the molecule is CC(C)(C)C(O)CC1CC(N)CN(c2ccc3c(c2)OCO3)C1. The van der Waals surface area contributed by atoms with Gasteiger partial charge in [-0.05, 0) is 36.3 Å². The first-order valence-electron chi connectivity index (χ1n) is 8.41. The van der Waals surface area contributed by atoms with E-state index in [1.807, 2.05) is 12.1 Å². The van der Waals surface area contributed by atoms with Crippen molar-refractivity contribution in [2.45, 2.75) is 45.8 Å². The average Bonchev–Trinajstić information content (AvgIpc) is 2.92. The molecule has 0 bridgehead atoms. The molecule has 0 radical (unpaired) electrons. The van der Waals surface area contributed by atoms with Crippen molar-refractivity contribution in [2.24, 2.45) is 17.1 Å². The topological polar surface area (TPSA) is 68.0 Å². The summed E-state index contributed by atoms with van der Waals surface area (Å²) in [5.41, 5.74) is 7.29. The van der Waals surface area contributed by atoms with Gasteiger partial charge in [-0.15, -0.1) is 0 Å². The van der Waals surface area contributed by atoms with Crippen molar-refractivity contribution in [1.82, 2.24) is 0 Å². The zero-order valence-corrected chi connectivity index (χ0v) is 14.3. The summed E-state index contributed by atoms with van der Waals surface area (Å²) < 4.78 is 10.8. The Morgan fingerprint density at radius 1 is 1.26 bits per heavy atom. The van der Waals surface area contributed by atoms with E-state index in [4.69, 9.17) is 15.2 Å². The number of hydrogen-bond acceptors (Lipinski definition) is 5. The van der Waals surface area contributed by atoms with Crippen molar-refractivity contribution in [2.75, 3.05) is 24.8 Å². The molecule has 1 fully saturated rings. The first-order valence-corrected chi connectivity index (χ1v) is 8.41. The number of fused-ring (bicyclic) bond motifs is 1. The number of nitrogens with two attached hydrogens (primary N) is 1. The molecule has 3 N–H and O–H groups in total. The highest BCUT2D eigenvalue weighted by Crippen LogP contribution is 2.37. The fourth-order valence-electron chi connectivity index (χ4n) is 3.38. The molecular weight excluding hydrogens is 292 g/mol. The van der Waals surface area contributed by atoms with Gasteiger partial charge >= 0.3 is 0 Å². The van der Waals surface area contributed by atoms with Gasteiger partial charge in [-0.1, -0.05) is 20.8 Å². The highest BCUT2D eigenvalue weighted by Gasteiger charge is 2.31. The normalized spacial score (nSPS) is 25.5. The summed E-state index contributed by atoms with van der Waals surface area (Å²) in [4.78, 5) is 2.30. The fraction of sp³-hybridized carbons (Fsp3) is 0.667. The fourth-order valence-corrected chi connectivity index (χ4v) is 3.38. The second-order valence-corrected chi connectivity index (χ2v) is 7.92. The van der Waals surface area contributed by atoms with Crippen LogP contribution in [0.1, 0.15) is 33.6 Å². The van der Waals surface area contributed by atoms with Crippen LogP contribution in [0.2, 0.25) is 0 Å². The third-order valence-electron chi connectivity index (χ3n) is 4.85. The summed E-state index contributed by atoms with van der Waals surface area (Å²) in [5, 5.41) is 10.4. The van der Waals surface area contributed by atoms with E-state index in [2.05, 4.69) is 31.7 Å². The van der Waals surface area contributed by atoms with Crippen LogP contribution >= 0.6 is 0 Å². The maximum Gasteiger partial charge on any atom is 0.231 e. The Kier molecular flexibility index (Phi) is 4.43. The Morgan fingerprint density at radius 3 is 2.74 bits per heavy atom. The van der Waals surface area contributed by atoms with Crippen LogP contribution < -0.4 is 20.1 Å². The molecule has 3 atom stereocenters. The summed E-state index contributed by atoms with van der Waals surface area (Å²) in [6.45, 7) is 8.28. The Morgan fingerprint density at radius 2 is 2.00 bits per heavy atom. The zero-order chi connectivity index (χ0) is 16.6. The molecule has 3 rings (SSSR count). The molecule has 1 aromatic rings. The Bertz CT molecular complexity index is 556. The minimum atomic E-state index is -0.309. The lowest BCUT2D eigenvalue weighted by Crippen LogP contribution is -2.48. The summed E-state index contributed by atoms with van der Waals surface area (Å²) in [7, 11) is 0. The smallest absolute Gasteiger partial charge is 0.231 e. The maximum atomic E-state index is 10.4. The molecule has 3 unspecified atom stereocenters. The molecule has 5 heteroatoms. The molecule has 23 heavy (non-hydrogen) atoms. The number of aliphatic hydroxyl groups excluding tert-OH is 1. The van der Waals surface area contributed by atoms with E-state index in [1.165, 1.54) is 0 Å². The van der Waals surface area contributed by atoms with Gasteiger partial charge in [-0.25, -0.2) is 0 Å². The van der Waals surface area contributed by atoms with E-state index in [0.717, 1.165) is 43.1 Å². The number of benzene rings is 1. The number of aliphatic hydroxyl groups is 1. The van der Waals surface area contributed by atoms with Gasteiger partial charge in [0.2, 0.25) is 6.79 Å². The number of hydrogen-bond donors (Lipinski definition) is 2. The van der Waals surface area contributed by atoms with Crippen molar-refractivity contribution in [3.63, 3.8) is 0 Å². The Balaban J connectivity index is 1.70. The number of rotatable bonds is 3. The van der Waals surface area contributed by atoms with E-state index in [1.54, 1.807) is 0 Å². The van der Waals surface area contributed by atoms with Gasteiger partial charge in [0.15, 0.2) is 11.5 Å². The van der Waals surface area contributed by atoms with E-state index in [-0.39, 0.29) is 17.6 Å². The molecule has 128 valence electrons. The van der Waals surface area contributed by atoms with Crippen molar-refractivity contribution in [3.05, 3.63) is 18.2 Å². The largest absolute Gasteiger partial charge is 0.454 e. The van der Waals surface area contributed by atoms with E-state index in [0.29, 0.717) is 12.7 Å². The van der Waals surface area contributed by atoms with Crippen molar-refractivity contribution >= 4 is 5.69 Å². The first-order chi connectivity index (χ1) is 10.8. The molecule has 5 nitrogen and oxygen atoms in total. The van der Waals surface area contributed by atoms with Crippen molar-refractivity contribution in [1.29, 1.82) is 0 Å². The van der Waals surface area contributed by atoms with Crippen molar-refractivity contribution < 1.29 is 14.6 Å². The predicted molar refractivity (Wildman–Crippen MR) is 90.9 cm³/mol. The molecule has 2 aliphatic rings. The highest BCUT2D eigenvalue weighted by molar-refractivity contribution is 5.57.